The first-order chi connectivity index (χ1) is 22.2. The second-order valence-electron chi connectivity index (χ2n) is 11.3. The topological polar surface area (TPSA) is 60.2 Å². The maximum atomic E-state index is 8.87. The molecule has 1 aliphatic rings. The fourth-order valence-electron chi connectivity index (χ4n) is 6.64. The van der Waals surface area contributed by atoms with Gasteiger partial charge in [-0.2, -0.15) is 0 Å². The van der Waals surface area contributed by atoms with Crippen molar-refractivity contribution in [3.8, 4) is 5.69 Å². The van der Waals surface area contributed by atoms with Gasteiger partial charge in [0.25, 0.3) is 0 Å². The average molecular weight is 577 g/mol. The molecule has 0 radical (unpaired) electrons. The third-order valence-corrected chi connectivity index (χ3v) is 8.67. The Morgan fingerprint density at radius 1 is 0.556 bits per heavy atom. The van der Waals surface area contributed by atoms with Gasteiger partial charge in [0.2, 0.25) is 0 Å². The molecule has 5 nitrogen and oxygen atoms in total. The molecule has 3 heterocycles. The summed E-state index contributed by atoms with van der Waals surface area (Å²) in [6.07, 6.45) is 1.85. The van der Waals surface area contributed by atoms with E-state index in [0.717, 1.165) is 55.5 Å². The molecule has 0 fully saturated rings. The zero-order valence-corrected chi connectivity index (χ0v) is 24.2. The number of allylic oxidation sites excluding steroid dienone is 1. The van der Waals surface area contributed by atoms with Crippen LogP contribution in [0.4, 0.5) is 5.69 Å². The van der Waals surface area contributed by atoms with Crippen molar-refractivity contribution in [1.82, 2.24) is 9.13 Å². The third kappa shape index (κ3) is 3.95. The molecule has 5 heteroatoms. The van der Waals surface area contributed by atoms with Gasteiger partial charge in [0.15, 0.2) is 0 Å². The lowest BCUT2D eigenvalue weighted by Crippen LogP contribution is -2.14. The van der Waals surface area contributed by atoms with Crippen molar-refractivity contribution in [1.29, 1.82) is 5.41 Å². The van der Waals surface area contributed by atoms with Gasteiger partial charge in [-0.3, -0.25) is 0 Å². The quantitative estimate of drug-likeness (QED) is 0.204. The fourth-order valence-corrected chi connectivity index (χ4v) is 6.64. The summed E-state index contributed by atoms with van der Waals surface area (Å²) >= 11 is 0. The van der Waals surface area contributed by atoms with Crippen molar-refractivity contribution in [3.05, 3.63) is 168 Å². The van der Waals surface area contributed by atoms with Crippen LogP contribution in [0.2, 0.25) is 0 Å². The number of para-hydroxylation sites is 4. The molecule has 0 unspecified atom stereocenters. The molecule has 0 saturated heterocycles. The second kappa shape index (κ2) is 9.93. The Hall–Kier alpha value is -6.20. The second-order valence-corrected chi connectivity index (χ2v) is 11.3. The van der Waals surface area contributed by atoms with Crippen molar-refractivity contribution < 1.29 is 0 Å². The van der Waals surface area contributed by atoms with E-state index in [-0.39, 0.29) is 0 Å². The molecule has 0 aliphatic carbocycles. The van der Waals surface area contributed by atoms with Crippen LogP contribution in [0, 0.1) is 5.41 Å². The van der Waals surface area contributed by atoms with Crippen LogP contribution in [-0.4, -0.2) is 20.8 Å². The molecule has 0 bridgehead atoms. The van der Waals surface area contributed by atoms with Crippen molar-refractivity contribution in [2.45, 2.75) is 0 Å². The number of nitrogens with zero attached hydrogens (tertiary/aromatic N) is 4. The summed E-state index contributed by atoms with van der Waals surface area (Å²) in [6.45, 7) is 0. The van der Waals surface area contributed by atoms with Crippen LogP contribution in [0.5, 0.6) is 0 Å². The maximum Gasteiger partial charge on any atom is 0.0620 e. The summed E-state index contributed by atoms with van der Waals surface area (Å²) < 4.78 is 4.53. The average Bonchev–Trinajstić information content (AvgIpc) is 3.60. The highest BCUT2D eigenvalue weighted by atomic mass is 15.2. The summed E-state index contributed by atoms with van der Waals surface area (Å²) in [5.41, 5.74) is 9.25. The van der Waals surface area contributed by atoms with E-state index >= 15 is 0 Å². The van der Waals surface area contributed by atoms with E-state index in [0.29, 0.717) is 11.7 Å². The van der Waals surface area contributed by atoms with E-state index < -0.39 is 0 Å². The number of hydrogen-bond acceptors (Lipinski definition) is 2. The Labute approximate surface area is 259 Å². The normalized spacial score (nSPS) is 13.8. The Morgan fingerprint density at radius 2 is 1.11 bits per heavy atom. The molecule has 0 spiro atoms. The zero-order chi connectivity index (χ0) is 29.9. The van der Waals surface area contributed by atoms with Crippen LogP contribution < -0.4 is 0 Å². The highest BCUT2D eigenvalue weighted by Crippen LogP contribution is 2.41. The first-order valence-electron chi connectivity index (χ1n) is 15.0. The van der Waals surface area contributed by atoms with Gasteiger partial charge in [0.05, 0.1) is 16.7 Å². The van der Waals surface area contributed by atoms with Crippen LogP contribution in [0.1, 0.15) is 11.1 Å². The smallest absolute Gasteiger partial charge is 0.0620 e. The molecule has 45 heavy (non-hydrogen) atoms. The minimum absolute atomic E-state index is 0.406. The number of nitrogens with one attached hydrogen (secondary N) is 1. The van der Waals surface area contributed by atoms with E-state index in [9.17, 15) is 0 Å². The van der Waals surface area contributed by atoms with E-state index in [1.807, 2.05) is 60.7 Å². The molecule has 0 amide bonds. The van der Waals surface area contributed by atoms with Gasteiger partial charge >= 0.3 is 0 Å². The zero-order valence-electron chi connectivity index (χ0n) is 24.2. The minimum Gasteiger partial charge on any atom is -0.366 e. The molecular formula is C40H26N5-. The van der Waals surface area contributed by atoms with Crippen molar-refractivity contribution in [2.24, 2.45) is 4.99 Å². The van der Waals surface area contributed by atoms with Crippen LogP contribution in [0.3, 0.4) is 0 Å². The van der Waals surface area contributed by atoms with E-state index in [1.165, 1.54) is 16.3 Å². The van der Waals surface area contributed by atoms with Gasteiger partial charge in [0, 0.05) is 33.8 Å². The number of aliphatic imine (C=N–C) groups is 1. The molecule has 9 rings (SSSR count). The summed E-state index contributed by atoms with van der Waals surface area (Å²) in [7, 11) is 0. The SMILES string of the molecule is N=C(/C=C1\[N-]C(n2c3ccccc3c3cc4c(cc32)c2ccccc2n4-c2ccccc2)=Nc2ccccc21)c1ccccc1. The summed E-state index contributed by atoms with van der Waals surface area (Å²) in [4.78, 5) is 5.11. The van der Waals surface area contributed by atoms with Gasteiger partial charge < -0.3 is 24.9 Å². The van der Waals surface area contributed by atoms with Crippen molar-refractivity contribution in [3.63, 3.8) is 0 Å². The Balaban J connectivity index is 1.31. The van der Waals surface area contributed by atoms with Gasteiger partial charge in [-0.25, -0.2) is 0 Å². The van der Waals surface area contributed by atoms with Gasteiger partial charge in [-0.05, 0) is 69.3 Å². The summed E-state index contributed by atoms with van der Waals surface area (Å²) in [5, 5.41) is 18.7. The Kier molecular flexibility index (Phi) is 5.59. The van der Waals surface area contributed by atoms with E-state index in [4.69, 9.17) is 15.7 Å². The third-order valence-electron chi connectivity index (χ3n) is 8.67. The Bertz CT molecular complexity index is 2510. The molecule has 6 aromatic carbocycles. The number of rotatable bonds is 3. The molecular weight excluding hydrogens is 550 g/mol. The van der Waals surface area contributed by atoms with Crippen molar-refractivity contribution >= 4 is 66.7 Å². The van der Waals surface area contributed by atoms with Crippen LogP contribution in [0.25, 0.3) is 60.3 Å². The van der Waals surface area contributed by atoms with Crippen molar-refractivity contribution in [2.75, 3.05) is 0 Å². The lowest BCUT2D eigenvalue weighted by atomic mass is 10.0. The largest absolute Gasteiger partial charge is 0.366 e. The predicted molar refractivity (Wildman–Crippen MR) is 187 cm³/mol. The van der Waals surface area contributed by atoms with Crippen LogP contribution >= 0.6 is 0 Å². The first kappa shape index (κ1) is 25.3. The molecule has 0 atom stereocenters. The number of fused-ring (bicyclic) bond motifs is 7. The number of aromatic nitrogens is 2. The highest BCUT2D eigenvalue weighted by Gasteiger charge is 2.19. The molecule has 1 aliphatic heterocycles. The fraction of sp³-hybridized carbons (Fsp3) is 0. The lowest BCUT2D eigenvalue weighted by Gasteiger charge is -2.30. The number of benzene rings is 6. The molecule has 212 valence electrons. The Morgan fingerprint density at radius 3 is 1.82 bits per heavy atom. The van der Waals surface area contributed by atoms with Gasteiger partial charge in [-0.15, -0.1) is 0 Å². The maximum absolute atomic E-state index is 8.87. The molecule has 8 aromatic rings. The standard InChI is InChI=1S/C40H26N5/c41-33(26-13-3-1-4-14-26)25-35-30-19-7-10-20-34(30)42-40(43-35)45-37-22-12-9-18-29(37)32-23-38-31(24-39(32)45)28-17-8-11-21-36(28)44(38)27-15-5-2-6-16-27/h1-25,41H/q-1/b35-25-,41-33?. The summed E-state index contributed by atoms with van der Waals surface area (Å²) in [6, 6.07) is 50.0. The van der Waals surface area contributed by atoms with E-state index in [2.05, 4.69) is 100 Å². The summed E-state index contributed by atoms with van der Waals surface area (Å²) in [5.74, 6) is 0.582. The molecule has 0 saturated carbocycles. The van der Waals surface area contributed by atoms with Gasteiger partial charge in [-0.1, -0.05) is 115 Å². The monoisotopic (exact) mass is 576 g/mol. The van der Waals surface area contributed by atoms with Gasteiger partial charge in [0.1, 0.15) is 0 Å². The predicted octanol–water partition coefficient (Wildman–Crippen LogP) is 10.2. The molecule has 2 aromatic heterocycles. The van der Waals surface area contributed by atoms with E-state index in [1.54, 1.807) is 0 Å². The van der Waals surface area contributed by atoms with Crippen LogP contribution in [-0.2, 0) is 0 Å². The lowest BCUT2D eigenvalue weighted by molar-refractivity contribution is 1.18. The minimum atomic E-state index is 0.406. The molecule has 1 N–H and O–H groups in total. The highest BCUT2D eigenvalue weighted by molar-refractivity contribution is 6.25. The number of hydrogen-bond donors (Lipinski definition) is 1. The van der Waals surface area contributed by atoms with Crippen LogP contribution in [0.15, 0.2) is 157 Å². The first-order valence-corrected chi connectivity index (χ1v) is 15.0.